The van der Waals surface area contributed by atoms with Crippen molar-refractivity contribution in [3.8, 4) is 0 Å². The first-order chi connectivity index (χ1) is 9.22. The highest BCUT2D eigenvalue weighted by Gasteiger charge is 2.21. The molecular weight excluding hydrogens is 242 g/mol. The Hall–Kier alpha value is -1.62. The van der Waals surface area contributed by atoms with Crippen LogP contribution in [0, 0.1) is 10.1 Å². The Kier molecular flexibility index (Phi) is 4.74. The second kappa shape index (κ2) is 6.52. The average Bonchev–Trinajstić information content (AvgIpc) is 2.45. The number of benzene rings is 1. The molecule has 5 nitrogen and oxygen atoms in total. The molecule has 0 radical (unpaired) electrons. The van der Waals surface area contributed by atoms with Gasteiger partial charge in [0, 0.05) is 19.2 Å². The zero-order chi connectivity index (χ0) is 13.7. The maximum absolute atomic E-state index is 11.2. The predicted molar refractivity (Wildman–Crippen MR) is 76.5 cm³/mol. The van der Waals surface area contributed by atoms with Gasteiger partial charge in [0.05, 0.1) is 4.92 Å². The van der Waals surface area contributed by atoms with E-state index in [1.54, 1.807) is 6.07 Å². The zero-order valence-corrected chi connectivity index (χ0v) is 11.2. The molecule has 1 heterocycles. The van der Waals surface area contributed by atoms with E-state index in [1.165, 1.54) is 6.42 Å². The van der Waals surface area contributed by atoms with Crippen molar-refractivity contribution in [3.63, 3.8) is 0 Å². The molecule has 0 saturated carbocycles. The minimum Gasteiger partial charge on any atom is -0.366 e. The van der Waals surface area contributed by atoms with Crippen LogP contribution in [0.4, 0.5) is 11.4 Å². The smallest absolute Gasteiger partial charge is 0.292 e. The van der Waals surface area contributed by atoms with Crippen LogP contribution in [0.25, 0.3) is 0 Å². The lowest BCUT2D eigenvalue weighted by Gasteiger charge is -2.28. The van der Waals surface area contributed by atoms with Crippen LogP contribution in [0.15, 0.2) is 18.2 Å². The zero-order valence-electron chi connectivity index (χ0n) is 11.2. The van der Waals surface area contributed by atoms with Gasteiger partial charge in [-0.1, -0.05) is 6.07 Å². The van der Waals surface area contributed by atoms with Gasteiger partial charge in [0.15, 0.2) is 0 Å². The number of nitro benzene ring substituents is 1. The number of hydrogen-bond donors (Lipinski definition) is 1. The normalized spacial score (nSPS) is 15.5. The first kappa shape index (κ1) is 13.8. The summed E-state index contributed by atoms with van der Waals surface area (Å²) in [4.78, 5) is 13.1. The van der Waals surface area contributed by atoms with Crippen LogP contribution >= 0.6 is 0 Å². The number of rotatable bonds is 5. The summed E-state index contributed by atoms with van der Waals surface area (Å²) in [7, 11) is 0. The van der Waals surface area contributed by atoms with Crippen LogP contribution in [0.1, 0.15) is 31.2 Å². The van der Waals surface area contributed by atoms with Gasteiger partial charge in [-0.15, -0.1) is 0 Å². The number of piperidine rings is 1. The largest absolute Gasteiger partial charge is 0.366 e. The minimum atomic E-state index is -0.268. The van der Waals surface area contributed by atoms with Crippen molar-refractivity contribution >= 4 is 11.4 Å². The number of anilines is 1. The van der Waals surface area contributed by atoms with Crippen LogP contribution in [0.5, 0.6) is 0 Å². The van der Waals surface area contributed by atoms with Crippen molar-refractivity contribution in [2.75, 3.05) is 24.5 Å². The number of nitro groups is 1. The van der Waals surface area contributed by atoms with E-state index in [2.05, 4.69) is 4.90 Å². The van der Waals surface area contributed by atoms with E-state index in [0.29, 0.717) is 6.54 Å². The SMILES string of the molecule is NCCCc1ccc(N2CCCCC2)c([N+](=O)[O-])c1. The standard InChI is InChI=1S/C14H21N3O2/c15-8-4-5-12-6-7-13(14(11-12)17(18)19)16-9-2-1-3-10-16/h6-7,11H,1-5,8-10,15H2. The number of nitrogens with zero attached hydrogens (tertiary/aromatic N) is 2. The quantitative estimate of drug-likeness (QED) is 0.654. The Morgan fingerprint density at radius 2 is 2.00 bits per heavy atom. The molecule has 1 aliphatic heterocycles. The van der Waals surface area contributed by atoms with Crippen molar-refractivity contribution in [1.82, 2.24) is 0 Å². The molecule has 0 aromatic heterocycles. The number of hydrogen-bond acceptors (Lipinski definition) is 4. The molecule has 0 aliphatic carbocycles. The van der Waals surface area contributed by atoms with Gasteiger partial charge in [-0.05, 0) is 50.3 Å². The van der Waals surface area contributed by atoms with E-state index in [4.69, 9.17) is 5.73 Å². The molecule has 1 aromatic carbocycles. The van der Waals surface area contributed by atoms with Gasteiger partial charge in [0.1, 0.15) is 5.69 Å². The first-order valence-electron chi connectivity index (χ1n) is 6.94. The second-order valence-electron chi connectivity index (χ2n) is 5.02. The fourth-order valence-corrected chi connectivity index (χ4v) is 2.58. The van der Waals surface area contributed by atoms with Crippen molar-refractivity contribution in [3.05, 3.63) is 33.9 Å². The topological polar surface area (TPSA) is 72.4 Å². The molecule has 0 bridgehead atoms. The molecule has 1 fully saturated rings. The fraction of sp³-hybridized carbons (Fsp3) is 0.571. The predicted octanol–water partition coefficient (Wildman–Crippen LogP) is 2.48. The molecule has 0 spiro atoms. The molecule has 0 atom stereocenters. The van der Waals surface area contributed by atoms with Crippen molar-refractivity contribution < 1.29 is 4.92 Å². The Labute approximate surface area is 113 Å². The highest BCUT2D eigenvalue weighted by Crippen LogP contribution is 2.31. The average molecular weight is 263 g/mol. The Morgan fingerprint density at radius 3 is 2.63 bits per heavy atom. The van der Waals surface area contributed by atoms with Crippen LogP contribution < -0.4 is 10.6 Å². The van der Waals surface area contributed by atoms with Gasteiger partial charge in [0.25, 0.3) is 5.69 Å². The summed E-state index contributed by atoms with van der Waals surface area (Å²) in [5.41, 5.74) is 7.47. The van der Waals surface area contributed by atoms with Gasteiger partial charge < -0.3 is 10.6 Å². The maximum Gasteiger partial charge on any atom is 0.292 e. The van der Waals surface area contributed by atoms with E-state index in [1.807, 2.05) is 12.1 Å². The van der Waals surface area contributed by atoms with E-state index in [9.17, 15) is 10.1 Å². The molecule has 1 aromatic rings. The summed E-state index contributed by atoms with van der Waals surface area (Å²) < 4.78 is 0. The van der Waals surface area contributed by atoms with E-state index in [0.717, 1.165) is 50.0 Å². The summed E-state index contributed by atoms with van der Waals surface area (Å²) in [5, 5.41) is 11.2. The molecule has 1 aliphatic rings. The molecule has 19 heavy (non-hydrogen) atoms. The summed E-state index contributed by atoms with van der Waals surface area (Å²) in [5.74, 6) is 0. The monoisotopic (exact) mass is 263 g/mol. The molecular formula is C14H21N3O2. The third-order valence-corrected chi connectivity index (χ3v) is 3.60. The lowest BCUT2D eigenvalue weighted by Crippen LogP contribution is -2.29. The van der Waals surface area contributed by atoms with Crippen molar-refractivity contribution in [1.29, 1.82) is 0 Å². The molecule has 2 N–H and O–H groups in total. The highest BCUT2D eigenvalue weighted by molar-refractivity contribution is 5.64. The van der Waals surface area contributed by atoms with Gasteiger partial charge in [0.2, 0.25) is 0 Å². The third-order valence-electron chi connectivity index (χ3n) is 3.60. The van der Waals surface area contributed by atoms with Crippen molar-refractivity contribution in [2.24, 2.45) is 5.73 Å². The maximum atomic E-state index is 11.2. The van der Waals surface area contributed by atoms with Crippen LogP contribution in [-0.2, 0) is 6.42 Å². The Bertz CT molecular complexity index is 442. The summed E-state index contributed by atoms with van der Waals surface area (Å²) >= 11 is 0. The summed E-state index contributed by atoms with van der Waals surface area (Å²) in [6.07, 6.45) is 5.12. The Morgan fingerprint density at radius 1 is 1.26 bits per heavy atom. The Balaban J connectivity index is 2.24. The summed E-state index contributed by atoms with van der Waals surface area (Å²) in [6.45, 7) is 2.45. The third kappa shape index (κ3) is 3.44. The van der Waals surface area contributed by atoms with Gasteiger partial charge in [-0.3, -0.25) is 10.1 Å². The number of nitrogens with two attached hydrogens (primary N) is 1. The highest BCUT2D eigenvalue weighted by atomic mass is 16.6. The lowest BCUT2D eigenvalue weighted by atomic mass is 10.1. The summed E-state index contributed by atoms with van der Waals surface area (Å²) in [6, 6.07) is 5.60. The minimum absolute atomic E-state index is 0.233. The lowest BCUT2D eigenvalue weighted by molar-refractivity contribution is -0.384. The van der Waals surface area contributed by atoms with E-state index >= 15 is 0 Å². The van der Waals surface area contributed by atoms with Gasteiger partial charge in [-0.25, -0.2) is 0 Å². The number of aryl methyl sites for hydroxylation is 1. The van der Waals surface area contributed by atoms with Crippen LogP contribution in [-0.4, -0.2) is 24.6 Å². The van der Waals surface area contributed by atoms with E-state index in [-0.39, 0.29) is 10.6 Å². The molecule has 1 saturated heterocycles. The molecule has 2 rings (SSSR count). The first-order valence-corrected chi connectivity index (χ1v) is 6.94. The van der Waals surface area contributed by atoms with Crippen molar-refractivity contribution in [2.45, 2.75) is 32.1 Å². The molecule has 104 valence electrons. The fourth-order valence-electron chi connectivity index (χ4n) is 2.58. The van der Waals surface area contributed by atoms with E-state index < -0.39 is 0 Å². The van der Waals surface area contributed by atoms with Gasteiger partial charge in [-0.2, -0.15) is 0 Å². The van der Waals surface area contributed by atoms with Gasteiger partial charge >= 0.3 is 0 Å². The van der Waals surface area contributed by atoms with Crippen LogP contribution in [0.3, 0.4) is 0 Å². The second-order valence-corrected chi connectivity index (χ2v) is 5.02. The molecule has 5 heteroatoms. The molecule has 0 amide bonds. The van der Waals surface area contributed by atoms with Crippen LogP contribution in [0.2, 0.25) is 0 Å². The molecule has 0 unspecified atom stereocenters.